The lowest BCUT2D eigenvalue weighted by molar-refractivity contribution is -0.134. The molecule has 5 nitrogen and oxygen atoms in total. The summed E-state index contributed by atoms with van der Waals surface area (Å²) in [6, 6.07) is 8.19. The first-order chi connectivity index (χ1) is 11.1. The van der Waals surface area contributed by atoms with Crippen molar-refractivity contribution in [3.8, 4) is 0 Å². The lowest BCUT2D eigenvalue weighted by Crippen LogP contribution is -2.39. The fraction of sp³-hybridized carbons (Fsp3) is 0.556. The molecule has 2 fully saturated rings. The van der Waals surface area contributed by atoms with Crippen LogP contribution in [0.5, 0.6) is 0 Å². The zero-order valence-electron chi connectivity index (χ0n) is 13.7. The van der Waals surface area contributed by atoms with E-state index < -0.39 is 0 Å². The quantitative estimate of drug-likeness (QED) is 0.829. The Bertz CT molecular complexity index is 581. The minimum absolute atomic E-state index is 0.162. The third kappa shape index (κ3) is 3.91. The molecule has 124 valence electrons. The highest BCUT2D eigenvalue weighted by atomic mass is 16.2. The summed E-state index contributed by atoms with van der Waals surface area (Å²) in [6.07, 6.45) is 3.46. The molecule has 3 rings (SSSR count). The van der Waals surface area contributed by atoms with Crippen molar-refractivity contribution in [2.75, 3.05) is 31.6 Å². The molecule has 0 radical (unpaired) electrons. The molecule has 2 aliphatic heterocycles. The van der Waals surface area contributed by atoms with Crippen molar-refractivity contribution in [2.24, 2.45) is 5.92 Å². The molecule has 2 heterocycles. The second-order valence-corrected chi connectivity index (χ2v) is 6.67. The summed E-state index contributed by atoms with van der Waals surface area (Å²) in [5.41, 5.74) is 2.15. The first kappa shape index (κ1) is 16.0. The summed E-state index contributed by atoms with van der Waals surface area (Å²) in [5, 5.41) is 5.84. The number of carbonyl (C=O) groups excluding carboxylic acids is 2. The highest BCUT2D eigenvalue weighted by Gasteiger charge is 2.28. The summed E-state index contributed by atoms with van der Waals surface area (Å²) in [4.78, 5) is 25.6. The average Bonchev–Trinajstić information content (AvgIpc) is 2.56. The van der Waals surface area contributed by atoms with Crippen LogP contribution in [0, 0.1) is 5.92 Å². The van der Waals surface area contributed by atoms with Crippen LogP contribution in [0.1, 0.15) is 37.2 Å². The predicted octanol–water partition coefficient (Wildman–Crippen LogP) is 1.64. The molecular weight excluding hydrogens is 290 g/mol. The summed E-state index contributed by atoms with van der Waals surface area (Å²) in [7, 11) is 2.12. The van der Waals surface area contributed by atoms with Crippen molar-refractivity contribution in [3.05, 3.63) is 29.8 Å². The molecule has 2 aliphatic rings. The first-order valence-corrected chi connectivity index (χ1v) is 8.49. The Morgan fingerprint density at radius 3 is 2.70 bits per heavy atom. The van der Waals surface area contributed by atoms with E-state index in [-0.39, 0.29) is 17.7 Å². The number of hydrogen-bond donors (Lipinski definition) is 2. The first-order valence-electron chi connectivity index (χ1n) is 8.49. The van der Waals surface area contributed by atoms with Crippen LogP contribution in [0.4, 0.5) is 5.69 Å². The van der Waals surface area contributed by atoms with E-state index in [1.165, 1.54) is 12.8 Å². The maximum atomic E-state index is 12.1. The number of piperidine rings is 2. The fourth-order valence-corrected chi connectivity index (χ4v) is 3.55. The lowest BCUT2D eigenvalue weighted by atomic mass is 9.90. The SMILES string of the molecule is CN(CC1CCNCC1)c1cccc(C2CCC(=O)NC2=O)c1. The summed E-state index contributed by atoms with van der Waals surface area (Å²) in [6.45, 7) is 3.25. The van der Waals surface area contributed by atoms with Crippen LogP contribution < -0.4 is 15.5 Å². The highest BCUT2D eigenvalue weighted by molar-refractivity contribution is 6.01. The van der Waals surface area contributed by atoms with Gasteiger partial charge in [0.2, 0.25) is 11.8 Å². The van der Waals surface area contributed by atoms with Gasteiger partial charge < -0.3 is 10.2 Å². The zero-order valence-corrected chi connectivity index (χ0v) is 13.7. The summed E-state index contributed by atoms with van der Waals surface area (Å²) >= 11 is 0. The molecule has 2 amide bonds. The van der Waals surface area contributed by atoms with Crippen molar-refractivity contribution in [1.29, 1.82) is 0 Å². The van der Waals surface area contributed by atoms with Crippen LogP contribution >= 0.6 is 0 Å². The zero-order chi connectivity index (χ0) is 16.2. The van der Waals surface area contributed by atoms with Crippen LogP contribution in [0.15, 0.2) is 24.3 Å². The van der Waals surface area contributed by atoms with E-state index >= 15 is 0 Å². The van der Waals surface area contributed by atoms with Crippen LogP contribution in [0.3, 0.4) is 0 Å². The van der Waals surface area contributed by atoms with Crippen molar-refractivity contribution < 1.29 is 9.59 Å². The van der Waals surface area contributed by atoms with Gasteiger partial charge in [-0.1, -0.05) is 12.1 Å². The number of amides is 2. The minimum atomic E-state index is -0.208. The molecule has 0 aliphatic carbocycles. The number of nitrogens with one attached hydrogen (secondary N) is 2. The smallest absolute Gasteiger partial charge is 0.234 e. The van der Waals surface area contributed by atoms with Gasteiger partial charge in [0.1, 0.15) is 0 Å². The molecule has 5 heteroatoms. The number of nitrogens with zero attached hydrogens (tertiary/aromatic N) is 1. The Kier molecular flexibility index (Phi) is 4.96. The topological polar surface area (TPSA) is 61.4 Å². The Hall–Kier alpha value is -1.88. The van der Waals surface area contributed by atoms with Crippen molar-refractivity contribution in [2.45, 2.75) is 31.6 Å². The molecule has 1 aromatic carbocycles. The van der Waals surface area contributed by atoms with E-state index in [4.69, 9.17) is 0 Å². The fourth-order valence-electron chi connectivity index (χ4n) is 3.55. The molecule has 0 bridgehead atoms. The van der Waals surface area contributed by atoms with Gasteiger partial charge in [-0.2, -0.15) is 0 Å². The molecule has 1 atom stereocenters. The normalized spacial score (nSPS) is 22.7. The van der Waals surface area contributed by atoms with Crippen molar-refractivity contribution in [3.63, 3.8) is 0 Å². The van der Waals surface area contributed by atoms with Gasteiger partial charge in [-0.15, -0.1) is 0 Å². The Labute approximate surface area is 137 Å². The number of carbonyl (C=O) groups is 2. The van der Waals surface area contributed by atoms with Crippen molar-refractivity contribution in [1.82, 2.24) is 10.6 Å². The minimum Gasteiger partial charge on any atom is -0.374 e. The highest BCUT2D eigenvalue weighted by Crippen LogP contribution is 2.28. The van der Waals surface area contributed by atoms with Gasteiger partial charge in [0.05, 0.1) is 5.92 Å². The monoisotopic (exact) mass is 315 g/mol. The molecule has 23 heavy (non-hydrogen) atoms. The van der Waals surface area contributed by atoms with Crippen LogP contribution in [0.25, 0.3) is 0 Å². The number of rotatable bonds is 4. The van der Waals surface area contributed by atoms with Crippen molar-refractivity contribution >= 4 is 17.5 Å². The standard InChI is InChI=1S/C18H25N3O2/c1-21(12-13-7-9-19-10-8-13)15-4-2-3-14(11-15)16-5-6-17(22)20-18(16)23/h2-4,11,13,16,19H,5-10,12H2,1H3,(H,20,22,23). The molecule has 0 aromatic heterocycles. The van der Waals surface area contributed by atoms with E-state index in [1.807, 2.05) is 12.1 Å². The van der Waals surface area contributed by atoms with E-state index in [0.717, 1.165) is 36.8 Å². The molecule has 1 unspecified atom stereocenters. The molecule has 2 N–H and O–H groups in total. The van der Waals surface area contributed by atoms with Gasteiger partial charge >= 0.3 is 0 Å². The van der Waals surface area contributed by atoms with E-state index in [2.05, 4.69) is 34.7 Å². The molecule has 1 aromatic rings. The second-order valence-electron chi connectivity index (χ2n) is 6.67. The number of imide groups is 1. The Morgan fingerprint density at radius 1 is 1.17 bits per heavy atom. The van der Waals surface area contributed by atoms with E-state index in [1.54, 1.807) is 0 Å². The van der Waals surface area contributed by atoms with E-state index in [0.29, 0.717) is 12.8 Å². The van der Waals surface area contributed by atoms with Gasteiger partial charge in [0, 0.05) is 25.7 Å². The van der Waals surface area contributed by atoms with E-state index in [9.17, 15) is 9.59 Å². The van der Waals surface area contributed by atoms with Gasteiger partial charge in [-0.25, -0.2) is 0 Å². The molecule has 0 saturated carbocycles. The number of benzene rings is 1. The number of anilines is 1. The molecule has 0 spiro atoms. The predicted molar refractivity (Wildman–Crippen MR) is 90.4 cm³/mol. The van der Waals surface area contributed by atoms with Crippen LogP contribution in [-0.4, -0.2) is 38.5 Å². The van der Waals surface area contributed by atoms with Crippen LogP contribution in [-0.2, 0) is 9.59 Å². The Balaban J connectivity index is 1.69. The summed E-state index contributed by atoms with van der Waals surface area (Å²) < 4.78 is 0. The third-order valence-corrected chi connectivity index (χ3v) is 4.94. The van der Waals surface area contributed by atoms with Gasteiger partial charge in [-0.05, 0) is 56.0 Å². The van der Waals surface area contributed by atoms with Gasteiger partial charge in [0.15, 0.2) is 0 Å². The summed E-state index contributed by atoms with van der Waals surface area (Å²) in [5.74, 6) is 0.185. The van der Waals surface area contributed by atoms with Crippen LogP contribution in [0.2, 0.25) is 0 Å². The largest absolute Gasteiger partial charge is 0.374 e. The maximum absolute atomic E-state index is 12.1. The van der Waals surface area contributed by atoms with Gasteiger partial charge in [0.25, 0.3) is 0 Å². The second kappa shape index (κ2) is 7.13. The average molecular weight is 315 g/mol. The Morgan fingerprint density at radius 2 is 1.96 bits per heavy atom. The third-order valence-electron chi connectivity index (χ3n) is 4.94. The number of hydrogen-bond acceptors (Lipinski definition) is 4. The van der Waals surface area contributed by atoms with Gasteiger partial charge in [-0.3, -0.25) is 14.9 Å². The lowest BCUT2D eigenvalue weighted by Gasteiger charge is -2.29. The molecule has 2 saturated heterocycles. The molecular formula is C18H25N3O2. The maximum Gasteiger partial charge on any atom is 0.234 e.